The number of benzene rings is 2. The SMILES string of the molecule is CC.CC(C)(Oc1ccc(S(C)(=O)=O)cc1C(=O)N1Cc2cn(-c3ccc(F)cc3)nc2C1)C(F)(F)F. The van der Waals surface area contributed by atoms with Gasteiger partial charge in [-0.15, -0.1) is 0 Å². The summed E-state index contributed by atoms with van der Waals surface area (Å²) in [5.74, 6) is -1.48. The molecule has 7 nitrogen and oxygen atoms in total. The van der Waals surface area contributed by atoms with E-state index in [-0.39, 0.29) is 29.3 Å². The number of sulfone groups is 1. The summed E-state index contributed by atoms with van der Waals surface area (Å²) >= 11 is 0. The van der Waals surface area contributed by atoms with Gasteiger partial charge in [0, 0.05) is 24.6 Å². The van der Waals surface area contributed by atoms with E-state index in [0.717, 1.165) is 38.3 Å². The number of halogens is 4. The second-order valence-corrected chi connectivity index (χ2v) is 10.7. The van der Waals surface area contributed by atoms with E-state index in [1.165, 1.54) is 21.7 Å². The van der Waals surface area contributed by atoms with E-state index in [0.29, 0.717) is 16.9 Å². The fraction of sp³-hybridized carbons (Fsp3) is 0.360. The molecule has 2 aromatic carbocycles. The molecule has 0 spiro atoms. The van der Waals surface area contributed by atoms with Gasteiger partial charge in [0.05, 0.1) is 28.4 Å². The number of hydrogen-bond donors (Lipinski definition) is 0. The number of rotatable bonds is 5. The van der Waals surface area contributed by atoms with E-state index < -0.39 is 33.3 Å². The van der Waals surface area contributed by atoms with Crippen LogP contribution in [-0.2, 0) is 22.9 Å². The van der Waals surface area contributed by atoms with Crippen molar-refractivity contribution in [1.29, 1.82) is 0 Å². The Morgan fingerprint density at radius 3 is 2.19 bits per heavy atom. The van der Waals surface area contributed by atoms with Gasteiger partial charge in [-0.1, -0.05) is 13.8 Å². The quantitative estimate of drug-likeness (QED) is 0.409. The van der Waals surface area contributed by atoms with Crippen LogP contribution >= 0.6 is 0 Å². The zero-order valence-corrected chi connectivity index (χ0v) is 21.7. The molecule has 0 unspecified atom stereocenters. The van der Waals surface area contributed by atoms with Crippen LogP contribution in [0.2, 0.25) is 0 Å². The molecule has 0 radical (unpaired) electrons. The molecule has 0 fully saturated rings. The van der Waals surface area contributed by atoms with Gasteiger partial charge in [-0.3, -0.25) is 4.79 Å². The third-order valence-corrected chi connectivity index (χ3v) is 6.73. The van der Waals surface area contributed by atoms with Gasteiger partial charge in [-0.05, 0) is 56.3 Å². The molecular formula is C25H27F4N3O4S. The molecule has 37 heavy (non-hydrogen) atoms. The Labute approximate surface area is 212 Å². The Hall–Kier alpha value is -3.41. The molecule has 1 aliphatic heterocycles. The minimum Gasteiger partial charge on any atom is -0.478 e. The van der Waals surface area contributed by atoms with Gasteiger partial charge in [0.15, 0.2) is 15.4 Å². The first-order chi connectivity index (χ1) is 17.2. The number of hydrogen-bond acceptors (Lipinski definition) is 5. The lowest BCUT2D eigenvalue weighted by Crippen LogP contribution is -2.45. The number of nitrogens with zero attached hydrogens (tertiary/aromatic N) is 3. The third kappa shape index (κ3) is 5.95. The van der Waals surface area contributed by atoms with Crippen molar-refractivity contribution in [3.63, 3.8) is 0 Å². The first-order valence-corrected chi connectivity index (χ1v) is 13.3. The van der Waals surface area contributed by atoms with Crippen LogP contribution in [0.5, 0.6) is 5.75 Å². The van der Waals surface area contributed by atoms with Crippen LogP contribution in [0.15, 0.2) is 53.6 Å². The summed E-state index contributed by atoms with van der Waals surface area (Å²) in [4.78, 5) is 14.4. The largest absolute Gasteiger partial charge is 0.478 e. The topological polar surface area (TPSA) is 81.5 Å². The van der Waals surface area contributed by atoms with Gasteiger partial charge in [-0.25, -0.2) is 17.5 Å². The number of amides is 1. The van der Waals surface area contributed by atoms with Gasteiger partial charge < -0.3 is 9.64 Å². The molecule has 0 saturated carbocycles. The molecule has 1 aromatic heterocycles. The summed E-state index contributed by atoms with van der Waals surface area (Å²) in [6.07, 6.45) is -2.13. The average Bonchev–Trinajstić information content (AvgIpc) is 3.38. The van der Waals surface area contributed by atoms with Gasteiger partial charge in [-0.2, -0.15) is 18.3 Å². The highest BCUT2D eigenvalue weighted by Crippen LogP contribution is 2.37. The van der Waals surface area contributed by atoms with Crippen LogP contribution < -0.4 is 4.74 Å². The van der Waals surface area contributed by atoms with E-state index in [4.69, 9.17) is 4.74 Å². The van der Waals surface area contributed by atoms with Crippen LogP contribution in [0.25, 0.3) is 5.69 Å². The summed E-state index contributed by atoms with van der Waals surface area (Å²) in [5.41, 5.74) is -1.07. The second kappa shape index (κ2) is 10.2. The highest BCUT2D eigenvalue weighted by Gasteiger charge is 2.50. The number of ether oxygens (including phenoxy) is 1. The molecule has 200 valence electrons. The molecule has 1 aliphatic rings. The van der Waals surface area contributed by atoms with Crippen LogP contribution in [0, 0.1) is 5.82 Å². The maximum absolute atomic E-state index is 13.4. The minimum absolute atomic E-state index is 0.0492. The zero-order chi connectivity index (χ0) is 27.8. The molecule has 3 aromatic rings. The van der Waals surface area contributed by atoms with Crippen LogP contribution in [-0.4, -0.2) is 47.0 Å². The van der Waals surface area contributed by atoms with E-state index in [2.05, 4.69) is 5.10 Å². The fourth-order valence-electron chi connectivity index (χ4n) is 3.52. The second-order valence-electron chi connectivity index (χ2n) is 8.72. The van der Waals surface area contributed by atoms with Crippen molar-refractivity contribution >= 4 is 15.7 Å². The Morgan fingerprint density at radius 1 is 1.03 bits per heavy atom. The summed E-state index contributed by atoms with van der Waals surface area (Å²) in [6.45, 7) is 5.78. The van der Waals surface area contributed by atoms with Crippen molar-refractivity contribution in [2.75, 3.05) is 6.26 Å². The molecular weight excluding hydrogens is 514 g/mol. The van der Waals surface area contributed by atoms with E-state index in [1.807, 2.05) is 13.8 Å². The Bertz CT molecular complexity index is 1370. The highest BCUT2D eigenvalue weighted by molar-refractivity contribution is 7.90. The van der Waals surface area contributed by atoms with Crippen LogP contribution in [0.3, 0.4) is 0 Å². The molecule has 0 bridgehead atoms. The van der Waals surface area contributed by atoms with E-state index in [1.54, 1.807) is 18.3 Å². The van der Waals surface area contributed by atoms with E-state index in [9.17, 15) is 30.8 Å². The Balaban J connectivity index is 0.00000186. The first-order valence-electron chi connectivity index (χ1n) is 11.4. The summed E-state index contributed by atoms with van der Waals surface area (Å²) in [6, 6.07) is 8.84. The van der Waals surface area contributed by atoms with Gasteiger partial charge in [0.25, 0.3) is 5.91 Å². The molecule has 0 atom stereocenters. The lowest BCUT2D eigenvalue weighted by atomic mass is 10.1. The van der Waals surface area contributed by atoms with Crippen molar-refractivity contribution < 1.29 is 35.5 Å². The van der Waals surface area contributed by atoms with E-state index >= 15 is 0 Å². The lowest BCUT2D eigenvalue weighted by molar-refractivity contribution is -0.234. The van der Waals surface area contributed by atoms with Gasteiger partial charge in [0.1, 0.15) is 11.6 Å². The summed E-state index contributed by atoms with van der Waals surface area (Å²) in [5, 5.41) is 4.41. The van der Waals surface area contributed by atoms with Crippen molar-refractivity contribution in [1.82, 2.24) is 14.7 Å². The molecule has 4 rings (SSSR count). The van der Waals surface area contributed by atoms with Crippen LogP contribution in [0.1, 0.15) is 49.3 Å². The zero-order valence-electron chi connectivity index (χ0n) is 20.9. The number of alkyl halides is 3. The molecule has 0 aliphatic carbocycles. The number of carbonyl (C=O) groups is 1. The maximum atomic E-state index is 13.4. The summed E-state index contributed by atoms with van der Waals surface area (Å²) < 4.78 is 84.2. The Morgan fingerprint density at radius 2 is 1.65 bits per heavy atom. The number of aromatic nitrogens is 2. The molecule has 0 N–H and O–H groups in total. The third-order valence-electron chi connectivity index (χ3n) is 5.61. The van der Waals surface area contributed by atoms with Crippen LogP contribution in [0.4, 0.5) is 17.6 Å². The molecule has 1 amide bonds. The monoisotopic (exact) mass is 541 g/mol. The van der Waals surface area contributed by atoms with Crippen molar-refractivity contribution in [2.45, 2.75) is 57.5 Å². The fourth-order valence-corrected chi connectivity index (χ4v) is 4.17. The first kappa shape index (κ1) is 28.2. The lowest BCUT2D eigenvalue weighted by Gasteiger charge is -2.30. The number of fused-ring (bicyclic) bond motifs is 1. The molecule has 12 heteroatoms. The van der Waals surface area contributed by atoms with Crippen molar-refractivity contribution in [3.05, 3.63) is 71.3 Å². The molecule has 2 heterocycles. The van der Waals surface area contributed by atoms with Gasteiger partial charge in [0.2, 0.25) is 0 Å². The predicted molar refractivity (Wildman–Crippen MR) is 129 cm³/mol. The highest BCUT2D eigenvalue weighted by atomic mass is 32.2. The smallest absolute Gasteiger partial charge is 0.427 e. The van der Waals surface area contributed by atoms with Gasteiger partial charge >= 0.3 is 6.18 Å². The Kier molecular flexibility index (Phi) is 7.73. The summed E-state index contributed by atoms with van der Waals surface area (Å²) in [7, 11) is -3.74. The van der Waals surface area contributed by atoms with Crippen molar-refractivity contribution in [3.8, 4) is 11.4 Å². The average molecular weight is 542 g/mol. The minimum atomic E-state index is -4.74. The standard InChI is InChI=1S/C23H21F4N3O4S.C2H6/c1-22(2,23(25,26)27)34-20-9-8-17(35(3,32)33)10-18(20)21(31)29-11-14-12-30(28-19(14)13-29)16-6-4-15(24)5-7-16;1-2/h4-10,12H,11,13H2,1-3H3;1-2H3. The predicted octanol–water partition coefficient (Wildman–Crippen LogP) is 5.32. The maximum Gasteiger partial charge on any atom is 0.427 e. The normalized spacial score (nSPS) is 13.6. The molecule has 0 saturated heterocycles. The van der Waals surface area contributed by atoms with Crippen molar-refractivity contribution in [2.24, 2.45) is 0 Å². The number of carbonyl (C=O) groups excluding carboxylic acids is 1.